The van der Waals surface area contributed by atoms with Crippen molar-refractivity contribution in [2.24, 2.45) is 0 Å². The molecule has 1 amide bonds. The summed E-state index contributed by atoms with van der Waals surface area (Å²) < 4.78 is 52.4. The van der Waals surface area contributed by atoms with E-state index in [2.05, 4.69) is 5.32 Å². The van der Waals surface area contributed by atoms with E-state index < -0.39 is 29.6 Å². The van der Waals surface area contributed by atoms with Gasteiger partial charge in [0.1, 0.15) is 0 Å². The first-order valence-corrected chi connectivity index (χ1v) is 7.05. The zero-order chi connectivity index (χ0) is 17.8. The van der Waals surface area contributed by atoms with E-state index >= 15 is 0 Å². The van der Waals surface area contributed by atoms with Crippen LogP contribution in [0.5, 0.6) is 0 Å². The topological polar surface area (TPSA) is 44.4 Å². The molecule has 0 spiro atoms. The molecular formula is C15H19F4N3O. The molecule has 1 aliphatic heterocycles. The Bertz CT molecular complexity index is 599. The van der Waals surface area contributed by atoms with Crippen LogP contribution in [0.1, 0.15) is 19.4 Å². The molecule has 8 heteroatoms. The Morgan fingerprint density at radius 1 is 1.26 bits per heavy atom. The average Bonchev–Trinajstić information content (AvgIpc) is 2.80. The molecule has 0 radical (unpaired) electrons. The number of alkyl halides is 3. The minimum absolute atomic E-state index is 0.332. The van der Waals surface area contributed by atoms with Crippen molar-refractivity contribution in [1.82, 2.24) is 10.4 Å². The minimum atomic E-state index is -4.78. The average molecular weight is 333 g/mol. The number of nitrogens with zero attached hydrogens (tertiary/aromatic N) is 1. The second kappa shape index (κ2) is 7.45. The molecule has 1 aromatic rings. The largest absolute Gasteiger partial charge is 0.409 e. The number of carbonyl (C=O) groups is 1. The number of benzene rings is 1. The Morgan fingerprint density at radius 3 is 2.35 bits per heavy atom. The molecule has 1 heterocycles. The van der Waals surface area contributed by atoms with Crippen LogP contribution in [0.4, 0.5) is 23.2 Å². The number of anilines is 1. The van der Waals surface area contributed by atoms with E-state index in [1.54, 1.807) is 25.1 Å². The van der Waals surface area contributed by atoms with Gasteiger partial charge in [0.2, 0.25) is 5.95 Å². The quantitative estimate of drug-likeness (QED) is 0.643. The van der Waals surface area contributed by atoms with E-state index in [1.807, 2.05) is 19.3 Å². The number of hydrazine groups is 1. The minimum Gasteiger partial charge on any atom is -0.322 e. The summed E-state index contributed by atoms with van der Waals surface area (Å²) in [6.07, 6.45) is -4.78. The van der Waals surface area contributed by atoms with Crippen LogP contribution in [0.2, 0.25) is 0 Å². The standard InChI is InChI=1S/C13H13F4N3O.C2H6/c1-7-5-3-4-6-8(7)18-12(21)9-10(13(15,16)17)19-20(2)11(9)14;1-2/h3-6,10,19H,1-2H3,(H,18,21);1-2H3. The van der Waals surface area contributed by atoms with Gasteiger partial charge in [0, 0.05) is 12.7 Å². The summed E-state index contributed by atoms with van der Waals surface area (Å²) in [6.45, 7) is 5.68. The molecule has 1 unspecified atom stereocenters. The molecule has 1 aliphatic rings. The molecule has 0 bridgehead atoms. The number of hydrogen-bond acceptors (Lipinski definition) is 3. The summed E-state index contributed by atoms with van der Waals surface area (Å²) in [5.41, 5.74) is 1.89. The Morgan fingerprint density at radius 2 is 1.83 bits per heavy atom. The summed E-state index contributed by atoms with van der Waals surface area (Å²) in [7, 11) is 1.07. The van der Waals surface area contributed by atoms with E-state index in [4.69, 9.17) is 0 Å². The van der Waals surface area contributed by atoms with Gasteiger partial charge in [-0.3, -0.25) is 9.80 Å². The first kappa shape index (κ1) is 19.0. The predicted octanol–water partition coefficient (Wildman–Crippen LogP) is 3.52. The van der Waals surface area contributed by atoms with Crippen molar-refractivity contribution < 1.29 is 22.4 Å². The number of halogens is 4. The third kappa shape index (κ3) is 4.22. The molecular weight excluding hydrogens is 314 g/mol. The maximum absolute atomic E-state index is 13.8. The van der Waals surface area contributed by atoms with Crippen LogP contribution >= 0.6 is 0 Å². The van der Waals surface area contributed by atoms with Gasteiger partial charge in [-0.15, -0.1) is 0 Å². The highest BCUT2D eigenvalue weighted by Gasteiger charge is 2.50. The Hall–Kier alpha value is -2.09. The summed E-state index contributed by atoms with van der Waals surface area (Å²) >= 11 is 0. The van der Waals surface area contributed by atoms with Gasteiger partial charge in [0.05, 0.1) is 5.57 Å². The van der Waals surface area contributed by atoms with Crippen LogP contribution in [0.25, 0.3) is 0 Å². The third-order valence-electron chi connectivity index (χ3n) is 3.09. The first-order chi connectivity index (χ1) is 10.7. The Labute approximate surface area is 132 Å². The smallest absolute Gasteiger partial charge is 0.322 e. The van der Waals surface area contributed by atoms with Crippen LogP contribution in [0.3, 0.4) is 0 Å². The fraction of sp³-hybridized carbons (Fsp3) is 0.400. The van der Waals surface area contributed by atoms with Crippen LogP contribution in [0, 0.1) is 6.92 Å². The predicted molar refractivity (Wildman–Crippen MR) is 80.0 cm³/mol. The second-order valence-electron chi connectivity index (χ2n) is 4.64. The molecule has 128 valence electrons. The van der Waals surface area contributed by atoms with E-state index in [0.717, 1.165) is 7.05 Å². The van der Waals surface area contributed by atoms with E-state index in [-0.39, 0.29) is 0 Å². The van der Waals surface area contributed by atoms with Gasteiger partial charge < -0.3 is 5.32 Å². The molecule has 0 aliphatic carbocycles. The van der Waals surface area contributed by atoms with Crippen LogP contribution in [-0.4, -0.2) is 30.2 Å². The second-order valence-corrected chi connectivity index (χ2v) is 4.64. The molecule has 4 nitrogen and oxygen atoms in total. The molecule has 0 aromatic heterocycles. The number of hydrogen-bond donors (Lipinski definition) is 2. The first-order valence-electron chi connectivity index (χ1n) is 7.05. The molecule has 1 atom stereocenters. The lowest BCUT2D eigenvalue weighted by Gasteiger charge is -2.19. The highest BCUT2D eigenvalue weighted by Crippen LogP contribution is 2.33. The molecule has 0 fully saturated rings. The number of para-hydroxylation sites is 1. The van der Waals surface area contributed by atoms with E-state index in [1.165, 1.54) is 6.07 Å². The van der Waals surface area contributed by atoms with Crippen molar-refractivity contribution in [3.8, 4) is 0 Å². The van der Waals surface area contributed by atoms with Gasteiger partial charge in [-0.2, -0.15) is 17.6 Å². The van der Waals surface area contributed by atoms with Crippen molar-refractivity contribution in [2.45, 2.75) is 33.0 Å². The van der Waals surface area contributed by atoms with Gasteiger partial charge in [0.25, 0.3) is 5.91 Å². The SMILES string of the molecule is CC.Cc1ccccc1NC(=O)C1=C(F)N(C)NC1C(F)(F)F. The summed E-state index contributed by atoms with van der Waals surface area (Å²) in [4.78, 5) is 12.0. The summed E-state index contributed by atoms with van der Waals surface area (Å²) in [6, 6.07) is 4.18. The van der Waals surface area contributed by atoms with Gasteiger partial charge in [-0.25, -0.2) is 5.43 Å². The number of carbonyl (C=O) groups excluding carboxylic acids is 1. The van der Waals surface area contributed by atoms with E-state index in [0.29, 0.717) is 16.3 Å². The van der Waals surface area contributed by atoms with Crippen molar-refractivity contribution in [3.05, 3.63) is 41.4 Å². The van der Waals surface area contributed by atoms with Crippen molar-refractivity contribution in [3.63, 3.8) is 0 Å². The summed E-state index contributed by atoms with van der Waals surface area (Å²) in [5, 5.41) is 2.85. The summed E-state index contributed by atoms with van der Waals surface area (Å²) in [5.74, 6) is -2.37. The van der Waals surface area contributed by atoms with E-state index in [9.17, 15) is 22.4 Å². The Kier molecular flexibility index (Phi) is 6.14. The number of nitrogens with one attached hydrogen (secondary N) is 2. The van der Waals surface area contributed by atoms with Gasteiger partial charge in [-0.05, 0) is 18.6 Å². The van der Waals surface area contributed by atoms with Crippen molar-refractivity contribution in [1.29, 1.82) is 0 Å². The van der Waals surface area contributed by atoms with Gasteiger partial charge in [0.15, 0.2) is 6.04 Å². The highest BCUT2D eigenvalue weighted by molar-refractivity contribution is 6.05. The molecule has 2 N–H and O–H groups in total. The highest BCUT2D eigenvalue weighted by atomic mass is 19.4. The zero-order valence-electron chi connectivity index (χ0n) is 13.3. The maximum atomic E-state index is 13.8. The molecule has 2 rings (SSSR count). The maximum Gasteiger partial charge on any atom is 0.409 e. The lowest BCUT2D eigenvalue weighted by atomic mass is 10.1. The van der Waals surface area contributed by atoms with Gasteiger partial charge in [-0.1, -0.05) is 32.0 Å². The fourth-order valence-electron chi connectivity index (χ4n) is 1.98. The lowest BCUT2D eigenvalue weighted by molar-refractivity contribution is -0.153. The van der Waals surface area contributed by atoms with Gasteiger partial charge >= 0.3 is 6.18 Å². The molecule has 23 heavy (non-hydrogen) atoms. The molecule has 0 saturated heterocycles. The lowest BCUT2D eigenvalue weighted by Crippen LogP contribution is -2.46. The van der Waals surface area contributed by atoms with Crippen LogP contribution < -0.4 is 10.7 Å². The third-order valence-corrected chi connectivity index (χ3v) is 3.09. The van der Waals surface area contributed by atoms with Crippen molar-refractivity contribution >= 4 is 11.6 Å². The fourth-order valence-corrected chi connectivity index (χ4v) is 1.98. The monoisotopic (exact) mass is 333 g/mol. The number of amides is 1. The number of aryl methyl sites for hydroxylation is 1. The normalized spacial score (nSPS) is 17.7. The zero-order valence-corrected chi connectivity index (χ0v) is 13.3. The van der Waals surface area contributed by atoms with Crippen molar-refractivity contribution in [2.75, 3.05) is 12.4 Å². The Balaban J connectivity index is 0.00000127. The molecule has 0 saturated carbocycles. The van der Waals surface area contributed by atoms with Crippen LogP contribution in [0.15, 0.2) is 35.8 Å². The van der Waals surface area contributed by atoms with Crippen LogP contribution in [-0.2, 0) is 4.79 Å². The number of rotatable bonds is 2. The molecule has 1 aromatic carbocycles.